The fraction of sp³-hybridized carbons (Fsp3) is 0.269. The molecule has 4 amide bonds. The first-order valence-corrected chi connectivity index (χ1v) is 11.9. The van der Waals surface area contributed by atoms with Crippen LogP contribution in [0, 0.1) is 10.1 Å². The minimum atomic E-state index is -0.926. The first-order chi connectivity index (χ1) is 18.1. The molecule has 0 saturated heterocycles. The number of ether oxygens (including phenoxy) is 1. The van der Waals surface area contributed by atoms with Gasteiger partial charge < -0.3 is 26.6 Å². The Morgan fingerprint density at radius 3 is 2.45 bits per heavy atom. The molecule has 0 saturated carbocycles. The summed E-state index contributed by atoms with van der Waals surface area (Å²) in [4.78, 5) is 45.6. The number of amides is 4. The number of nitro groups is 1. The highest BCUT2D eigenvalue weighted by molar-refractivity contribution is 5.95. The van der Waals surface area contributed by atoms with Gasteiger partial charge in [0.1, 0.15) is 5.75 Å². The predicted octanol–water partition coefficient (Wildman–Crippen LogP) is 2.04. The molecule has 0 radical (unpaired) electrons. The Bertz CT molecular complexity index is 1340. The number of unbranched alkanes of at least 4 members (excludes halogenated alkanes) is 1. The van der Waals surface area contributed by atoms with E-state index >= 15 is 0 Å². The summed E-state index contributed by atoms with van der Waals surface area (Å²) in [7, 11) is 0. The van der Waals surface area contributed by atoms with Crippen LogP contribution in [0.4, 0.5) is 10.5 Å². The second kappa shape index (κ2) is 13.0. The number of fused-ring (bicyclic) bond motifs is 1. The second-order valence-electron chi connectivity index (χ2n) is 8.63. The lowest BCUT2D eigenvalue weighted by Gasteiger charge is -2.14. The van der Waals surface area contributed by atoms with Crippen LogP contribution in [0.1, 0.15) is 24.0 Å². The number of carbonyl (C=O) groups excluding carboxylic acids is 3. The highest BCUT2D eigenvalue weighted by atomic mass is 16.6. The lowest BCUT2D eigenvalue weighted by atomic mass is 10.0. The van der Waals surface area contributed by atoms with Crippen LogP contribution < -0.4 is 26.8 Å². The second-order valence-corrected chi connectivity index (χ2v) is 8.63. The molecule has 3 aromatic rings. The topological polar surface area (TPSA) is 200 Å². The molecule has 1 atom stereocenters. The number of rotatable bonds is 12. The molecule has 0 bridgehead atoms. The summed E-state index contributed by atoms with van der Waals surface area (Å²) in [5.41, 5.74) is 11.6. The lowest BCUT2D eigenvalue weighted by Crippen LogP contribution is -2.42. The number of imide groups is 1. The number of phenols is 1. The Morgan fingerprint density at radius 1 is 1.05 bits per heavy atom. The Labute approximate surface area is 218 Å². The van der Waals surface area contributed by atoms with Gasteiger partial charge in [-0.2, -0.15) is 0 Å². The molecule has 0 heterocycles. The van der Waals surface area contributed by atoms with E-state index in [1.807, 2.05) is 41.7 Å². The molecule has 3 rings (SSSR count). The summed E-state index contributed by atoms with van der Waals surface area (Å²) in [5.74, 6) is -0.890. The van der Waals surface area contributed by atoms with Crippen LogP contribution in [-0.2, 0) is 22.4 Å². The minimum absolute atomic E-state index is 0.0735. The van der Waals surface area contributed by atoms with Crippen molar-refractivity contribution in [3.05, 3.63) is 75.8 Å². The number of hydrogen-bond acceptors (Lipinski definition) is 8. The van der Waals surface area contributed by atoms with Crippen molar-refractivity contribution in [3.8, 4) is 11.5 Å². The molecule has 38 heavy (non-hydrogen) atoms. The molecule has 0 aromatic heterocycles. The van der Waals surface area contributed by atoms with Crippen molar-refractivity contribution in [2.24, 2.45) is 11.5 Å². The fourth-order valence-corrected chi connectivity index (χ4v) is 3.83. The quantitative estimate of drug-likeness (QED) is 0.135. The van der Waals surface area contributed by atoms with E-state index in [9.17, 15) is 29.6 Å². The first-order valence-electron chi connectivity index (χ1n) is 11.9. The van der Waals surface area contributed by atoms with Crippen molar-refractivity contribution in [1.29, 1.82) is 0 Å². The lowest BCUT2D eigenvalue weighted by molar-refractivity contribution is -0.385. The highest BCUT2D eigenvalue weighted by Gasteiger charge is 2.18. The van der Waals surface area contributed by atoms with Crippen LogP contribution >= 0.6 is 0 Å². The van der Waals surface area contributed by atoms with Gasteiger partial charge in [0.25, 0.3) is 0 Å². The van der Waals surface area contributed by atoms with Crippen LogP contribution in [0.3, 0.4) is 0 Å². The van der Waals surface area contributed by atoms with Gasteiger partial charge in [-0.1, -0.05) is 30.3 Å². The average Bonchev–Trinajstić information content (AvgIpc) is 2.86. The van der Waals surface area contributed by atoms with Gasteiger partial charge in [0.05, 0.1) is 24.0 Å². The molecule has 0 unspecified atom stereocenters. The Morgan fingerprint density at radius 2 is 1.76 bits per heavy atom. The van der Waals surface area contributed by atoms with Gasteiger partial charge in [0, 0.05) is 18.2 Å². The van der Waals surface area contributed by atoms with Gasteiger partial charge in [0.2, 0.25) is 11.8 Å². The van der Waals surface area contributed by atoms with Gasteiger partial charge in [-0.15, -0.1) is 0 Å². The monoisotopic (exact) mass is 523 g/mol. The van der Waals surface area contributed by atoms with Crippen LogP contribution in [0.2, 0.25) is 0 Å². The average molecular weight is 524 g/mol. The molecule has 0 spiro atoms. The molecule has 0 aliphatic heterocycles. The molecule has 7 N–H and O–H groups in total. The van der Waals surface area contributed by atoms with Crippen LogP contribution in [0.25, 0.3) is 10.8 Å². The summed E-state index contributed by atoms with van der Waals surface area (Å²) in [6.07, 6.45) is 1.18. The smallest absolute Gasteiger partial charge is 0.318 e. The SMILES string of the molecule is NC(=O)NC(=O)Cc1cc2ccccc2cc1OCCCCNC(=O)[C@@H](N)Cc1ccc(O)c([N+](=O)[O-])c1. The number of nitrogens with zero attached hydrogens (tertiary/aromatic N) is 1. The molecular formula is C26H29N5O7. The number of carbonyl (C=O) groups is 3. The summed E-state index contributed by atoms with van der Waals surface area (Å²) < 4.78 is 5.92. The maximum atomic E-state index is 12.3. The van der Waals surface area contributed by atoms with E-state index in [1.54, 1.807) is 0 Å². The van der Waals surface area contributed by atoms with E-state index in [2.05, 4.69) is 5.32 Å². The van der Waals surface area contributed by atoms with E-state index in [4.69, 9.17) is 16.2 Å². The van der Waals surface area contributed by atoms with Crippen LogP contribution in [-0.4, -0.2) is 47.1 Å². The predicted molar refractivity (Wildman–Crippen MR) is 140 cm³/mol. The zero-order valence-electron chi connectivity index (χ0n) is 20.5. The molecule has 200 valence electrons. The van der Waals surface area contributed by atoms with Crippen LogP contribution in [0.15, 0.2) is 54.6 Å². The van der Waals surface area contributed by atoms with E-state index < -0.39 is 40.2 Å². The molecule has 0 fully saturated rings. The maximum Gasteiger partial charge on any atom is 0.318 e. The minimum Gasteiger partial charge on any atom is -0.502 e. The fourth-order valence-electron chi connectivity index (χ4n) is 3.83. The summed E-state index contributed by atoms with van der Waals surface area (Å²) in [6.45, 7) is 0.666. The van der Waals surface area contributed by atoms with E-state index in [0.29, 0.717) is 42.9 Å². The molecule has 3 aromatic carbocycles. The third-order valence-electron chi connectivity index (χ3n) is 5.70. The largest absolute Gasteiger partial charge is 0.502 e. The Balaban J connectivity index is 1.48. The Kier molecular flexibility index (Phi) is 9.54. The zero-order chi connectivity index (χ0) is 27.7. The van der Waals surface area contributed by atoms with Crippen molar-refractivity contribution in [2.75, 3.05) is 13.2 Å². The summed E-state index contributed by atoms with van der Waals surface area (Å²) in [6, 6.07) is 13.3. The van der Waals surface area contributed by atoms with Crippen molar-refractivity contribution < 1.29 is 29.2 Å². The number of aromatic hydroxyl groups is 1. The van der Waals surface area contributed by atoms with Gasteiger partial charge in [0.15, 0.2) is 5.75 Å². The number of nitrogens with two attached hydrogens (primary N) is 2. The van der Waals surface area contributed by atoms with Crippen molar-refractivity contribution >= 4 is 34.3 Å². The van der Waals surface area contributed by atoms with Crippen LogP contribution in [0.5, 0.6) is 11.5 Å². The van der Waals surface area contributed by atoms with Gasteiger partial charge in [-0.05, 0) is 53.8 Å². The number of nitrogens with one attached hydrogen (secondary N) is 2. The normalized spacial score (nSPS) is 11.5. The van der Waals surface area contributed by atoms with Crippen molar-refractivity contribution in [1.82, 2.24) is 10.6 Å². The molecule has 0 aliphatic rings. The maximum absolute atomic E-state index is 12.3. The Hall–Kier alpha value is -4.71. The van der Waals surface area contributed by atoms with E-state index in [1.165, 1.54) is 18.2 Å². The number of phenolic OH excluding ortho intramolecular Hbond substituents is 1. The van der Waals surface area contributed by atoms with Gasteiger partial charge >= 0.3 is 11.7 Å². The van der Waals surface area contributed by atoms with E-state index in [-0.39, 0.29) is 12.8 Å². The number of nitro benzene ring substituents is 1. The third-order valence-corrected chi connectivity index (χ3v) is 5.70. The number of urea groups is 1. The molecule has 12 heteroatoms. The molecular weight excluding hydrogens is 494 g/mol. The first kappa shape index (κ1) is 27.9. The number of hydrogen-bond donors (Lipinski definition) is 5. The molecule has 0 aliphatic carbocycles. The van der Waals surface area contributed by atoms with Gasteiger partial charge in [-0.3, -0.25) is 25.0 Å². The standard InChI is InChI=1S/C26H29N5O7/c27-20(11-16-7-8-22(32)21(12-16)31(36)37)25(34)29-9-3-4-10-38-23-14-18-6-2-1-5-17(18)13-19(23)15-24(33)30-26(28)35/h1-2,5-8,12-14,20,32H,3-4,9-11,15,27H2,(H,29,34)(H3,28,30,33,35)/t20-/m0/s1. The van der Waals surface area contributed by atoms with Gasteiger partial charge in [-0.25, -0.2) is 4.79 Å². The zero-order valence-corrected chi connectivity index (χ0v) is 20.5. The number of benzene rings is 3. The summed E-state index contributed by atoms with van der Waals surface area (Å²) in [5, 5.41) is 27.1. The van der Waals surface area contributed by atoms with E-state index in [0.717, 1.165) is 10.8 Å². The highest BCUT2D eigenvalue weighted by Crippen LogP contribution is 2.28. The van der Waals surface area contributed by atoms with Crippen molar-refractivity contribution in [2.45, 2.75) is 31.7 Å². The molecule has 12 nitrogen and oxygen atoms in total. The summed E-state index contributed by atoms with van der Waals surface area (Å²) >= 11 is 0. The third kappa shape index (κ3) is 7.90. The van der Waals surface area contributed by atoms with Crippen molar-refractivity contribution in [3.63, 3.8) is 0 Å². The number of primary amides is 1.